The van der Waals surface area contributed by atoms with Crippen LogP contribution in [0.3, 0.4) is 0 Å². The van der Waals surface area contributed by atoms with Crippen LogP contribution in [-0.4, -0.2) is 73.0 Å². The summed E-state index contributed by atoms with van der Waals surface area (Å²) in [6.07, 6.45) is 2.27. The fourth-order valence-electron chi connectivity index (χ4n) is 3.36. The molecule has 2 fully saturated rings. The molecule has 2 N–H and O–H groups in total. The number of ether oxygens (including phenoxy) is 1. The van der Waals surface area contributed by atoms with Gasteiger partial charge in [0.25, 0.3) is 10.0 Å². The molecular formula is C14H22N4O4S. The number of aryl methyl sites for hydroxylation is 1. The number of carbonyl (C=O) groups excluding carboxylic acids is 1. The zero-order valence-electron chi connectivity index (χ0n) is 13.1. The van der Waals surface area contributed by atoms with Gasteiger partial charge in [-0.2, -0.15) is 4.31 Å². The minimum Gasteiger partial charge on any atom is -0.379 e. The number of primary amides is 1. The quantitative estimate of drug-likeness (QED) is 0.755. The molecule has 23 heavy (non-hydrogen) atoms. The average molecular weight is 342 g/mol. The van der Waals surface area contributed by atoms with E-state index in [1.807, 2.05) is 4.90 Å². The van der Waals surface area contributed by atoms with Crippen LogP contribution in [0, 0.1) is 0 Å². The predicted octanol–water partition coefficient (Wildman–Crippen LogP) is -1.02. The van der Waals surface area contributed by atoms with Gasteiger partial charge in [-0.1, -0.05) is 0 Å². The van der Waals surface area contributed by atoms with E-state index in [0.29, 0.717) is 39.2 Å². The Hall–Kier alpha value is -1.42. The molecule has 2 aliphatic heterocycles. The first-order chi connectivity index (χ1) is 10.9. The van der Waals surface area contributed by atoms with Crippen molar-refractivity contribution in [2.45, 2.75) is 17.0 Å². The highest BCUT2D eigenvalue weighted by molar-refractivity contribution is 7.89. The number of hydrogen-bond donors (Lipinski definition) is 1. The predicted molar refractivity (Wildman–Crippen MR) is 83.1 cm³/mol. The Morgan fingerprint density at radius 3 is 2.48 bits per heavy atom. The Morgan fingerprint density at radius 2 is 2.00 bits per heavy atom. The molecule has 0 saturated carbocycles. The van der Waals surface area contributed by atoms with Crippen molar-refractivity contribution in [1.29, 1.82) is 0 Å². The van der Waals surface area contributed by atoms with Crippen LogP contribution in [0.5, 0.6) is 0 Å². The van der Waals surface area contributed by atoms with Gasteiger partial charge in [0, 0.05) is 52.5 Å². The van der Waals surface area contributed by atoms with Crippen LogP contribution >= 0.6 is 0 Å². The maximum atomic E-state index is 12.7. The van der Waals surface area contributed by atoms with Gasteiger partial charge >= 0.3 is 0 Å². The first-order valence-electron chi connectivity index (χ1n) is 7.62. The highest BCUT2D eigenvalue weighted by Crippen LogP contribution is 2.28. The molecule has 3 heterocycles. The summed E-state index contributed by atoms with van der Waals surface area (Å²) in [7, 11) is -1.80. The molecule has 1 unspecified atom stereocenters. The molecule has 1 aromatic rings. The van der Waals surface area contributed by atoms with Crippen molar-refractivity contribution < 1.29 is 17.9 Å². The molecule has 0 aromatic carbocycles. The molecular weight excluding hydrogens is 320 g/mol. The normalized spacial score (nSPS) is 27.3. The fourth-order valence-corrected chi connectivity index (χ4v) is 4.94. The van der Waals surface area contributed by atoms with Crippen LogP contribution < -0.4 is 5.73 Å². The first kappa shape index (κ1) is 16.4. The van der Waals surface area contributed by atoms with E-state index in [0.717, 1.165) is 0 Å². The Balaban J connectivity index is 1.74. The Morgan fingerprint density at radius 1 is 1.30 bits per heavy atom. The van der Waals surface area contributed by atoms with E-state index in [-0.39, 0.29) is 11.6 Å². The maximum absolute atomic E-state index is 12.7. The van der Waals surface area contributed by atoms with E-state index in [1.165, 1.54) is 4.31 Å². The van der Waals surface area contributed by atoms with E-state index < -0.39 is 21.5 Å². The first-order valence-corrected chi connectivity index (χ1v) is 9.06. The van der Waals surface area contributed by atoms with E-state index in [9.17, 15) is 13.2 Å². The summed E-state index contributed by atoms with van der Waals surface area (Å²) < 4.78 is 33.8. The number of sulfonamides is 1. The van der Waals surface area contributed by atoms with Gasteiger partial charge in [0.05, 0.1) is 6.61 Å². The lowest BCUT2D eigenvalue weighted by Gasteiger charge is -2.42. The van der Waals surface area contributed by atoms with E-state index in [1.54, 1.807) is 29.9 Å². The van der Waals surface area contributed by atoms with Crippen LogP contribution in [0.15, 0.2) is 23.4 Å². The van der Waals surface area contributed by atoms with E-state index >= 15 is 0 Å². The number of piperazine rings is 1. The largest absolute Gasteiger partial charge is 0.379 e. The molecule has 8 nitrogen and oxygen atoms in total. The molecule has 0 radical (unpaired) electrons. The minimum absolute atomic E-state index is 0.278. The lowest BCUT2D eigenvalue weighted by molar-refractivity contribution is -0.131. The molecule has 2 aliphatic rings. The van der Waals surface area contributed by atoms with E-state index in [2.05, 4.69) is 0 Å². The van der Waals surface area contributed by atoms with Crippen molar-refractivity contribution in [2.75, 3.05) is 39.4 Å². The number of carbonyl (C=O) groups is 1. The lowest BCUT2D eigenvalue weighted by atomic mass is 9.94. The fraction of sp³-hybridized carbons (Fsp3) is 0.643. The summed E-state index contributed by atoms with van der Waals surface area (Å²) >= 11 is 0. The van der Waals surface area contributed by atoms with Crippen LogP contribution in [-0.2, 0) is 26.6 Å². The molecule has 1 amide bonds. The SMILES string of the molecule is Cn1cccc1S(=O)(=O)N1CCN(C2(C(N)=O)CCOC2)CC1. The van der Waals surface area contributed by atoms with Crippen molar-refractivity contribution >= 4 is 15.9 Å². The van der Waals surface area contributed by atoms with Crippen molar-refractivity contribution in [3.63, 3.8) is 0 Å². The molecule has 0 spiro atoms. The van der Waals surface area contributed by atoms with Gasteiger partial charge in [-0.15, -0.1) is 0 Å². The average Bonchev–Trinajstić information content (AvgIpc) is 3.17. The summed E-state index contributed by atoms with van der Waals surface area (Å²) in [5.74, 6) is -0.395. The summed E-state index contributed by atoms with van der Waals surface area (Å²) in [5, 5.41) is 0.278. The maximum Gasteiger partial charge on any atom is 0.258 e. The molecule has 2 saturated heterocycles. The smallest absolute Gasteiger partial charge is 0.258 e. The van der Waals surface area contributed by atoms with Crippen LogP contribution in [0.25, 0.3) is 0 Å². The van der Waals surface area contributed by atoms with Gasteiger partial charge in [-0.05, 0) is 12.1 Å². The number of amides is 1. The standard InChI is InChI=1S/C14H22N4O4S/c1-16-5-2-3-12(16)23(20,21)18-8-6-17(7-9-18)14(13(15)19)4-10-22-11-14/h2-3,5H,4,6-11H2,1H3,(H2,15,19). The second kappa shape index (κ2) is 5.90. The number of aromatic nitrogens is 1. The minimum atomic E-state index is -3.51. The van der Waals surface area contributed by atoms with Crippen molar-refractivity contribution in [3.8, 4) is 0 Å². The zero-order valence-corrected chi connectivity index (χ0v) is 14.0. The van der Waals surface area contributed by atoms with E-state index in [4.69, 9.17) is 10.5 Å². The molecule has 128 valence electrons. The topological polar surface area (TPSA) is 97.9 Å². The van der Waals surface area contributed by atoms with Gasteiger partial charge in [0.15, 0.2) is 0 Å². The summed E-state index contributed by atoms with van der Waals surface area (Å²) in [6.45, 7) is 2.40. The highest BCUT2D eigenvalue weighted by Gasteiger charge is 2.47. The summed E-state index contributed by atoms with van der Waals surface area (Å²) in [4.78, 5) is 13.9. The number of nitrogens with zero attached hydrogens (tertiary/aromatic N) is 3. The molecule has 1 aromatic heterocycles. The Labute approximate surface area is 135 Å². The van der Waals surface area contributed by atoms with Gasteiger partial charge in [0.2, 0.25) is 5.91 Å². The third kappa shape index (κ3) is 2.67. The molecule has 3 rings (SSSR count). The second-order valence-electron chi connectivity index (χ2n) is 6.05. The zero-order chi connectivity index (χ0) is 16.7. The molecule has 1 atom stereocenters. The van der Waals surface area contributed by atoms with Crippen molar-refractivity contribution in [1.82, 2.24) is 13.8 Å². The van der Waals surface area contributed by atoms with Gasteiger partial charge in [-0.25, -0.2) is 8.42 Å². The summed E-state index contributed by atoms with van der Waals surface area (Å²) in [6, 6.07) is 3.30. The van der Waals surface area contributed by atoms with Crippen molar-refractivity contribution in [2.24, 2.45) is 12.8 Å². The summed E-state index contributed by atoms with van der Waals surface area (Å²) in [5.41, 5.74) is 4.79. The van der Waals surface area contributed by atoms with Gasteiger partial charge in [-0.3, -0.25) is 9.69 Å². The Kier molecular flexibility index (Phi) is 4.21. The molecule has 0 bridgehead atoms. The van der Waals surface area contributed by atoms with Gasteiger partial charge < -0.3 is 15.0 Å². The lowest BCUT2D eigenvalue weighted by Crippen LogP contribution is -2.63. The molecule has 9 heteroatoms. The second-order valence-corrected chi connectivity index (χ2v) is 7.93. The monoisotopic (exact) mass is 342 g/mol. The van der Waals surface area contributed by atoms with Crippen LogP contribution in [0.2, 0.25) is 0 Å². The number of hydrogen-bond acceptors (Lipinski definition) is 5. The molecule has 0 aliphatic carbocycles. The Bertz CT molecular complexity index is 685. The number of nitrogens with two attached hydrogens (primary N) is 1. The highest BCUT2D eigenvalue weighted by atomic mass is 32.2. The van der Waals surface area contributed by atoms with Crippen molar-refractivity contribution in [3.05, 3.63) is 18.3 Å². The van der Waals surface area contributed by atoms with Gasteiger partial charge in [0.1, 0.15) is 10.6 Å². The third-order valence-corrected chi connectivity index (χ3v) is 6.80. The van der Waals surface area contributed by atoms with Crippen LogP contribution in [0.1, 0.15) is 6.42 Å². The number of rotatable bonds is 4. The van der Waals surface area contributed by atoms with Crippen LogP contribution in [0.4, 0.5) is 0 Å². The third-order valence-electron chi connectivity index (χ3n) is 4.80.